The number of nitro groups is 1. The maximum Gasteiger partial charge on any atom is 0.327 e. The summed E-state index contributed by atoms with van der Waals surface area (Å²) < 4.78 is 5.58. The van der Waals surface area contributed by atoms with Gasteiger partial charge in [-0.3, -0.25) is 24.6 Å². The number of thiocarbonyl (C=S) groups is 1. The second-order valence-corrected chi connectivity index (χ2v) is 8.14. The third-order valence-corrected chi connectivity index (χ3v) is 5.71. The van der Waals surface area contributed by atoms with Crippen molar-refractivity contribution in [1.82, 2.24) is 4.90 Å². The highest BCUT2D eigenvalue weighted by Gasteiger charge is 2.41. The lowest BCUT2D eigenvalue weighted by Gasteiger charge is -2.21. The van der Waals surface area contributed by atoms with Crippen molar-refractivity contribution in [1.29, 1.82) is 0 Å². The van der Waals surface area contributed by atoms with E-state index in [0.717, 1.165) is 16.7 Å². The number of carboxylic acids is 2. The number of carbonyl (C=O) groups is 3. The molecule has 1 aromatic carbocycles. The smallest absolute Gasteiger partial charge is 0.327 e. The Labute approximate surface area is 184 Å². The minimum Gasteiger partial charge on any atom is -0.481 e. The number of hydrogen-bond acceptors (Lipinski definition) is 8. The predicted molar refractivity (Wildman–Crippen MR) is 114 cm³/mol. The Hall–Kier alpha value is -3.51. The Morgan fingerprint density at radius 2 is 2.03 bits per heavy atom. The Balaban J connectivity index is 1.88. The van der Waals surface area contributed by atoms with Crippen LogP contribution in [-0.2, 0) is 14.4 Å². The summed E-state index contributed by atoms with van der Waals surface area (Å²) >= 11 is 5.89. The molecule has 2 aromatic rings. The minimum absolute atomic E-state index is 0.0607. The van der Waals surface area contributed by atoms with Crippen LogP contribution in [0.2, 0.25) is 0 Å². The van der Waals surface area contributed by atoms with E-state index in [1.807, 2.05) is 0 Å². The lowest BCUT2D eigenvalue weighted by Crippen LogP contribution is -2.45. The first-order valence-electron chi connectivity index (χ1n) is 8.65. The molecule has 1 aromatic heterocycles. The summed E-state index contributed by atoms with van der Waals surface area (Å²) in [6.45, 7) is 1.62. The number of nitrogens with zero attached hydrogens (tertiary/aromatic N) is 2. The van der Waals surface area contributed by atoms with Crippen LogP contribution in [0.5, 0.6) is 0 Å². The zero-order chi connectivity index (χ0) is 22.9. The van der Waals surface area contributed by atoms with Crippen LogP contribution in [0.1, 0.15) is 17.7 Å². The van der Waals surface area contributed by atoms with Crippen LogP contribution >= 0.6 is 24.0 Å². The molecule has 0 spiro atoms. The number of hydrogen-bond donors (Lipinski definition) is 2. The van der Waals surface area contributed by atoms with E-state index in [2.05, 4.69) is 0 Å². The Bertz CT molecular complexity index is 1150. The van der Waals surface area contributed by atoms with Crippen molar-refractivity contribution in [3.63, 3.8) is 0 Å². The molecule has 1 aliphatic rings. The van der Waals surface area contributed by atoms with E-state index in [4.69, 9.17) is 21.7 Å². The first-order chi connectivity index (χ1) is 14.6. The highest BCUT2D eigenvalue weighted by atomic mass is 32.2. The summed E-state index contributed by atoms with van der Waals surface area (Å²) in [5, 5.41) is 29.4. The van der Waals surface area contributed by atoms with Crippen molar-refractivity contribution in [2.75, 3.05) is 0 Å². The maximum absolute atomic E-state index is 12.7. The van der Waals surface area contributed by atoms with Gasteiger partial charge in [-0.15, -0.1) is 0 Å². The number of aliphatic carboxylic acids is 2. The number of furan rings is 1. The van der Waals surface area contributed by atoms with Crippen LogP contribution in [-0.4, -0.2) is 48.2 Å². The van der Waals surface area contributed by atoms with Crippen LogP contribution in [0.3, 0.4) is 0 Å². The van der Waals surface area contributed by atoms with Crippen molar-refractivity contribution < 1.29 is 33.9 Å². The summed E-state index contributed by atoms with van der Waals surface area (Å²) in [6.07, 6.45) is 0.553. The molecule has 1 atom stereocenters. The number of amides is 1. The zero-order valence-corrected chi connectivity index (χ0v) is 17.4. The van der Waals surface area contributed by atoms with Crippen LogP contribution in [0, 0.1) is 17.0 Å². The van der Waals surface area contributed by atoms with Gasteiger partial charge in [0.2, 0.25) is 0 Å². The predicted octanol–water partition coefficient (Wildman–Crippen LogP) is 3.29. The number of thioether (sulfide) groups is 1. The monoisotopic (exact) mass is 462 g/mol. The average molecular weight is 462 g/mol. The molecule has 0 aliphatic carbocycles. The molecule has 0 bridgehead atoms. The lowest BCUT2D eigenvalue weighted by atomic mass is 10.1. The molecule has 3 rings (SSSR count). The van der Waals surface area contributed by atoms with Crippen molar-refractivity contribution in [3.8, 4) is 11.3 Å². The molecule has 1 saturated heterocycles. The fraction of sp³-hybridized carbons (Fsp3) is 0.158. The van der Waals surface area contributed by atoms with Gasteiger partial charge < -0.3 is 14.6 Å². The molecular weight excluding hydrogens is 448 g/mol. The zero-order valence-electron chi connectivity index (χ0n) is 15.8. The molecule has 0 saturated carbocycles. The van der Waals surface area contributed by atoms with E-state index in [-0.39, 0.29) is 20.7 Å². The van der Waals surface area contributed by atoms with Crippen LogP contribution in [0.25, 0.3) is 17.4 Å². The van der Waals surface area contributed by atoms with Gasteiger partial charge in [-0.05, 0) is 19.1 Å². The molecule has 2 N–H and O–H groups in total. The Morgan fingerprint density at radius 1 is 1.32 bits per heavy atom. The number of rotatable bonds is 7. The molecule has 0 unspecified atom stereocenters. The Kier molecular flexibility index (Phi) is 6.22. The number of nitro benzene ring substituents is 1. The standard InChI is InChI=1S/C19H14N2O8S2/c1-9-2-3-10(6-12(9)21(27)28)14-5-4-11(29-14)7-15-17(24)20(19(30)31-15)13(18(25)26)8-16(22)23/h2-7,13H,8H2,1H3,(H,22,23)(H,25,26)/b15-7+/t13-/m1/s1. The molecular formula is C19H14N2O8S2. The SMILES string of the molecule is Cc1ccc(-c2ccc(/C=C3/SC(=S)N([C@H](CC(=O)O)C(=O)O)C3=O)o2)cc1[N+](=O)[O-]. The van der Waals surface area contributed by atoms with Gasteiger partial charge in [-0.1, -0.05) is 36.1 Å². The first kappa shape index (κ1) is 22.2. The molecule has 31 heavy (non-hydrogen) atoms. The number of carboxylic acid groups (broad SMARTS) is 2. The van der Waals surface area contributed by atoms with Crippen molar-refractivity contribution >= 4 is 57.9 Å². The first-order valence-corrected chi connectivity index (χ1v) is 9.88. The van der Waals surface area contributed by atoms with Crippen molar-refractivity contribution in [2.45, 2.75) is 19.4 Å². The maximum atomic E-state index is 12.7. The largest absolute Gasteiger partial charge is 0.481 e. The average Bonchev–Trinajstić information content (AvgIpc) is 3.25. The molecule has 160 valence electrons. The Morgan fingerprint density at radius 3 is 2.65 bits per heavy atom. The number of carbonyl (C=O) groups excluding carboxylic acids is 1. The second-order valence-electron chi connectivity index (χ2n) is 6.46. The summed E-state index contributed by atoms with van der Waals surface area (Å²) in [5.41, 5.74) is 0.907. The summed E-state index contributed by atoms with van der Waals surface area (Å²) in [5.74, 6) is -3.04. The van der Waals surface area contributed by atoms with Gasteiger partial charge in [0.15, 0.2) is 0 Å². The molecule has 1 amide bonds. The summed E-state index contributed by atoms with van der Waals surface area (Å²) in [6, 6.07) is 6.12. The topological polar surface area (TPSA) is 151 Å². The fourth-order valence-electron chi connectivity index (χ4n) is 2.88. The molecule has 12 heteroatoms. The number of benzene rings is 1. The molecule has 10 nitrogen and oxygen atoms in total. The van der Waals surface area contributed by atoms with Gasteiger partial charge in [0.05, 0.1) is 16.2 Å². The van der Waals surface area contributed by atoms with Crippen molar-refractivity contribution in [3.05, 3.63) is 56.7 Å². The normalized spacial score (nSPS) is 16.0. The summed E-state index contributed by atoms with van der Waals surface area (Å²) in [4.78, 5) is 46.5. The molecule has 0 radical (unpaired) electrons. The van der Waals surface area contributed by atoms with E-state index < -0.39 is 35.2 Å². The fourth-order valence-corrected chi connectivity index (χ4v) is 4.21. The van der Waals surface area contributed by atoms with Crippen molar-refractivity contribution in [2.24, 2.45) is 0 Å². The third-order valence-electron chi connectivity index (χ3n) is 4.38. The highest BCUT2D eigenvalue weighted by Crippen LogP contribution is 2.36. The van der Waals surface area contributed by atoms with Gasteiger partial charge in [0.25, 0.3) is 11.6 Å². The van der Waals surface area contributed by atoms with Gasteiger partial charge in [0.1, 0.15) is 21.9 Å². The van der Waals surface area contributed by atoms with E-state index in [1.54, 1.807) is 31.2 Å². The van der Waals surface area contributed by atoms with Crippen LogP contribution < -0.4 is 0 Å². The van der Waals surface area contributed by atoms with E-state index in [0.29, 0.717) is 16.9 Å². The second kappa shape index (κ2) is 8.70. The van der Waals surface area contributed by atoms with Gasteiger partial charge in [-0.25, -0.2) is 4.79 Å². The van der Waals surface area contributed by atoms with Crippen LogP contribution in [0.15, 0.2) is 39.7 Å². The summed E-state index contributed by atoms with van der Waals surface area (Å²) in [7, 11) is 0. The minimum atomic E-state index is -1.63. The van der Waals surface area contributed by atoms with E-state index >= 15 is 0 Å². The van der Waals surface area contributed by atoms with E-state index in [9.17, 15) is 29.6 Å². The number of aryl methyl sites for hydroxylation is 1. The van der Waals surface area contributed by atoms with Gasteiger partial charge in [-0.2, -0.15) is 0 Å². The molecule has 1 fully saturated rings. The lowest BCUT2D eigenvalue weighted by molar-refractivity contribution is -0.385. The van der Waals surface area contributed by atoms with Gasteiger partial charge >= 0.3 is 11.9 Å². The van der Waals surface area contributed by atoms with Gasteiger partial charge in [0, 0.05) is 23.3 Å². The molecule has 1 aliphatic heterocycles. The quantitative estimate of drug-likeness (QED) is 0.271. The highest BCUT2D eigenvalue weighted by molar-refractivity contribution is 8.26. The van der Waals surface area contributed by atoms with Crippen LogP contribution in [0.4, 0.5) is 5.69 Å². The molecule has 2 heterocycles. The van der Waals surface area contributed by atoms with E-state index in [1.165, 1.54) is 12.1 Å². The third kappa shape index (κ3) is 4.64.